The molecule has 2 rings (SSSR count). The summed E-state index contributed by atoms with van der Waals surface area (Å²) in [6.45, 7) is 0.742. The summed E-state index contributed by atoms with van der Waals surface area (Å²) < 4.78 is 1.99. The van der Waals surface area contributed by atoms with Crippen molar-refractivity contribution in [3.8, 4) is 0 Å². The lowest BCUT2D eigenvalue weighted by Crippen LogP contribution is -2.00. The van der Waals surface area contributed by atoms with E-state index in [2.05, 4.69) is 42.2 Å². The molecule has 16 heavy (non-hydrogen) atoms. The van der Waals surface area contributed by atoms with E-state index in [1.54, 1.807) is 17.5 Å². The highest BCUT2D eigenvalue weighted by molar-refractivity contribution is 9.11. The average Bonchev–Trinajstić information content (AvgIpc) is 2.63. The fourth-order valence-corrected chi connectivity index (χ4v) is 3.37. The van der Waals surface area contributed by atoms with E-state index in [-0.39, 0.29) is 0 Å². The molecule has 1 N–H and O–H groups in total. The summed E-state index contributed by atoms with van der Waals surface area (Å²) in [5, 5.41) is 5.91. The van der Waals surface area contributed by atoms with Crippen molar-refractivity contribution < 1.29 is 0 Å². The van der Waals surface area contributed by atoms with Crippen LogP contribution in [0.5, 0.6) is 0 Å². The number of rotatable bonds is 3. The van der Waals surface area contributed by atoms with Gasteiger partial charge >= 0.3 is 0 Å². The maximum absolute atomic E-state index is 5.82. The second kappa shape index (κ2) is 5.49. The predicted molar refractivity (Wildman–Crippen MR) is 76.3 cm³/mol. The minimum Gasteiger partial charge on any atom is -0.364 e. The minimum absolute atomic E-state index is 0.620. The van der Waals surface area contributed by atoms with Gasteiger partial charge in [0.05, 0.1) is 16.0 Å². The quantitative estimate of drug-likeness (QED) is 0.814. The molecule has 0 saturated carbocycles. The second-order valence-electron chi connectivity index (χ2n) is 3.03. The van der Waals surface area contributed by atoms with Crippen molar-refractivity contribution in [2.45, 2.75) is 6.54 Å². The van der Waals surface area contributed by atoms with Gasteiger partial charge in [-0.15, -0.1) is 11.3 Å². The summed E-state index contributed by atoms with van der Waals surface area (Å²) in [5.41, 5.74) is 0. The van der Waals surface area contributed by atoms with Crippen molar-refractivity contribution in [1.29, 1.82) is 0 Å². The van der Waals surface area contributed by atoms with Crippen LogP contribution in [0, 0.1) is 0 Å². The van der Waals surface area contributed by atoms with Gasteiger partial charge in [-0.25, -0.2) is 4.98 Å². The van der Waals surface area contributed by atoms with Crippen LogP contribution in [-0.4, -0.2) is 4.98 Å². The smallest absolute Gasteiger partial charge is 0.140 e. The first kappa shape index (κ1) is 12.4. The Morgan fingerprint density at radius 1 is 1.38 bits per heavy atom. The number of hydrogen-bond donors (Lipinski definition) is 1. The normalized spacial score (nSPS) is 10.4. The van der Waals surface area contributed by atoms with E-state index in [1.807, 2.05) is 17.5 Å². The Kier molecular flexibility index (Phi) is 4.24. The summed E-state index contributed by atoms with van der Waals surface area (Å²) in [4.78, 5) is 5.45. The molecule has 0 aromatic carbocycles. The predicted octanol–water partition coefficient (Wildman–Crippen LogP) is 4.93. The fraction of sp³-hybridized carbons (Fsp3) is 0.100. The van der Waals surface area contributed by atoms with Crippen LogP contribution >= 0.6 is 54.8 Å². The molecule has 2 heterocycles. The van der Waals surface area contributed by atoms with E-state index >= 15 is 0 Å². The van der Waals surface area contributed by atoms with Crippen molar-refractivity contribution in [3.05, 3.63) is 42.6 Å². The molecule has 0 aliphatic heterocycles. The molecular weight excluding hydrogens is 375 g/mol. The van der Waals surface area contributed by atoms with E-state index in [9.17, 15) is 0 Å². The molecule has 6 heteroatoms. The zero-order valence-electron chi connectivity index (χ0n) is 8.01. The van der Waals surface area contributed by atoms with Crippen LogP contribution in [0.25, 0.3) is 0 Å². The molecule has 0 atom stereocenters. The molecule has 2 nitrogen and oxygen atoms in total. The number of nitrogens with one attached hydrogen (secondary N) is 1. The van der Waals surface area contributed by atoms with Gasteiger partial charge in [0.15, 0.2) is 0 Å². The zero-order valence-corrected chi connectivity index (χ0v) is 12.8. The highest BCUT2D eigenvalue weighted by Gasteiger charge is 2.04. The number of thiophene rings is 1. The van der Waals surface area contributed by atoms with E-state index < -0.39 is 0 Å². The molecule has 0 unspecified atom stereocenters. The van der Waals surface area contributed by atoms with Crippen LogP contribution in [0.1, 0.15) is 4.88 Å². The van der Waals surface area contributed by atoms with E-state index in [4.69, 9.17) is 11.6 Å². The van der Waals surface area contributed by atoms with Gasteiger partial charge in [0.25, 0.3) is 0 Å². The summed E-state index contributed by atoms with van der Waals surface area (Å²) in [5.74, 6) is 0.796. The van der Waals surface area contributed by atoms with Crippen LogP contribution in [0.15, 0.2) is 32.7 Å². The summed E-state index contributed by atoms with van der Waals surface area (Å²) >= 11 is 14.4. The Labute approximate surface area is 119 Å². The number of aromatic nitrogens is 1. The molecule has 0 bridgehead atoms. The molecule has 0 amide bonds. The van der Waals surface area contributed by atoms with Crippen LogP contribution in [0.3, 0.4) is 0 Å². The van der Waals surface area contributed by atoms with Crippen molar-refractivity contribution >= 4 is 60.6 Å². The highest BCUT2D eigenvalue weighted by atomic mass is 79.9. The van der Waals surface area contributed by atoms with Gasteiger partial charge in [-0.05, 0) is 49.4 Å². The number of nitrogens with zero attached hydrogens (tertiary/aromatic N) is 1. The Morgan fingerprint density at radius 3 is 2.81 bits per heavy atom. The standard InChI is InChI=1S/C10H7Br2ClN2S/c11-7-1-2-16-9(7)5-15-10-8(12)3-6(13)4-14-10/h1-4H,5H2,(H,14,15). The molecule has 2 aromatic heterocycles. The van der Waals surface area contributed by atoms with Crippen LogP contribution in [0.2, 0.25) is 5.02 Å². The third-order valence-electron chi connectivity index (χ3n) is 1.92. The number of hydrogen-bond acceptors (Lipinski definition) is 3. The van der Waals surface area contributed by atoms with Gasteiger partial charge in [0.1, 0.15) is 5.82 Å². The first-order chi connectivity index (χ1) is 7.66. The average molecular weight is 383 g/mol. The molecule has 0 radical (unpaired) electrons. The van der Waals surface area contributed by atoms with Crippen LogP contribution in [-0.2, 0) is 6.54 Å². The van der Waals surface area contributed by atoms with Gasteiger partial charge in [-0.3, -0.25) is 0 Å². The van der Waals surface area contributed by atoms with Crippen molar-refractivity contribution in [3.63, 3.8) is 0 Å². The van der Waals surface area contributed by atoms with Gasteiger partial charge in [-0.1, -0.05) is 11.6 Å². The molecule has 0 saturated heterocycles. The number of halogens is 3. The molecule has 2 aromatic rings. The lowest BCUT2D eigenvalue weighted by atomic mass is 10.4. The lowest BCUT2D eigenvalue weighted by molar-refractivity contribution is 1.13. The summed E-state index contributed by atoms with van der Waals surface area (Å²) in [6.07, 6.45) is 1.62. The largest absolute Gasteiger partial charge is 0.364 e. The Morgan fingerprint density at radius 2 is 2.19 bits per heavy atom. The van der Waals surface area contributed by atoms with Crippen LogP contribution < -0.4 is 5.32 Å². The van der Waals surface area contributed by atoms with Gasteiger partial charge in [0, 0.05) is 15.5 Å². The first-order valence-corrected chi connectivity index (χ1v) is 7.28. The van der Waals surface area contributed by atoms with Crippen molar-refractivity contribution in [1.82, 2.24) is 4.98 Å². The minimum atomic E-state index is 0.620. The maximum atomic E-state index is 5.82. The third-order valence-corrected chi connectivity index (χ3v) is 4.65. The zero-order chi connectivity index (χ0) is 11.5. The second-order valence-corrected chi connectivity index (χ2v) is 6.18. The lowest BCUT2D eigenvalue weighted by Gasteiger charge is -2.06. The van der Waals surface area contributed by atoms with Gasteiger partial charge in [0.2, 0.25) is 0 Å². The SMILES string of the molecule is Clc1cnc(NCc2sccc2Br)c(Br)c1. The highest BCUT2D eigenvalue weighted by Crippen LogP contribution is 2.26. The van der Waals surface area contributed by atoms with Gasteiger partial charge in [-0.2, -0.15) is 0 Å². The van der Waals surface area contributed by atoms with Crippen molar-refractivity contribution in [2.24, 2.45) is 0 Å². The Bertz CT molecular complexity index is 501. The van der Waals surface area contributed by atoms with E-state index in [1.165, 1.54) is 4.88 Å². The molecule has 0 fully saturated rings. The Hall–Kier alpha value is -0.100. The molecule has 84 valence electrons. The van der Waals surface area contributed by atoms with E-state index in [0.717, 1.165) is 21.3 Å². The number of pyridine rings is 1. The van der Waals surface area contributed by atoms with Crippen molar-refractivity contribution in [2.75, 3.05) is 5.32 Å². The Balaban J connectivity index is 2.08. The van der Waals surface area contributed by atoms with Gasteiger partial charge < -0.3 is 5.32 Å². The monoisotopic (exact) mass is 380 g/mol. The fourth-order valence-electron chi connectivity index (χ4n) is 1.16. The number of anilines is 1. The molecule has 0 aliphatic rings. The maximum Gasteiger partial charge on any atom is 0.140 e. The topological polar surface area (TPSA) is 24.9 Å². The molecular formula is C10H7Br2ClN2S. The molecule has 0 aliphatic carbocycles. The van der Waals surface area contributed by atoms with E-state index in [0.29, 0.717) is 5.02 Å². The third kappa shape index (κ3) is 2.97. The summed E-state index contributed by atoms with van der Waals surface area (Å²) in [7, 11) is 0. The van der Waals surface area contributed by atoms with Crippen LogP contribution in [0.4, 0.5) is 5.82 Å². The summed E-state index contributed by atoms with van der Waals surface area (Å²) in [6, 6.07) is 3.85. The molecule has 0 spiro atoms. The first-order valence-electron chi connectivity index (χ1n) is 4.43.